The number of nitrogens with zero attached hydrogens (tertiary/aromatic N) is 1. The van der Waals surface area contributed by atoms with E-state index in [0.29, 0.717) is 12.0 Å². The monoisotopic (exact) mass is 317 g/mol. The van der Waals surface area contributed by atoms with Gasteiger partial charge in [-0.05, 0) is 23.3 Å². The molecule has 1 unspecified atom stereocenters. The van der Waals surface area contributed by atoms with Gasteiger partial charge in [0.1, 0.15) is 6.29 Å². The fourth-order valence-corrected chi connectivity index (χ4v) is 2.59. The van der Waals surface area contributed by atoms with E-state index in [9.17, 15) is 18.4 Å². The molecule has 0 saturated heterocycles. The van der Waals surface area contributed by atoms with Gasteiger partial charge in [0.15, 0.2) is 0 Å². The first-order valence-corrected chi connectivity index (χ1v) is 7.73. The predicted octanol–water partition coefficient (Wildman–Crippen LogP) is 2.80. The Hall–Kier alpha value is -2.31. The Bertz CT molecular complexity index is 670. The van der Waals surface area contributed by atoms with Gasteiger partial charge in [0.2, 0.25) is 5.91 Å². The zero-order chi connectivity index (χ0) is 15.9. The maximum Gasteiger partial charge on any atom is 0.268 e. The zero-order valence-corrected chi connectivity index (χ0v) is 12.5. The van der Waals surface area contributed by atoms with Gasteiger partial charge < -0.3 is 4.79 Å². The summed E-state index contributed by atoms with van der Waals surface area (Å²) in [5.41, 5.74) is 2.27. The lowest BCUT2D eigenvalue weighted by Gasteiger charge is -2.18. The molecule has 114 valence electrons. The van der Waals surface area contributed by atoms with Crippen LogP contribution in [0.1, 0.15) is 12.8 Å². The summed E-state index contributed by atoms with van der Waals surface area (Å²) in [4.78, 5) is 22.2. The number of aldehydes is 1. The van der Waals surface area contributed by atoms with Gasteiger partial charge in [-0.2, -0.15) is 0 Å². The molecule has 1 amide bonds. The van der Waals surface area contributed by atoms with Crippen LogP contribution in [0.2, 0.25) is 0 Å². The standard InChI is InChI=1S/C16H15NO4S/c18-12-4-7-16(19)17(22(20)21)15-10-8-14(9-11-15)13-5-2-1-3-6-13/h1-3,5-6,8-12H,4,7H2,(H,20,21). The SMILES string of the molecule is O=CCCC(=O)N(c1ccc(-c2ccccc2)cc1)S(=O)O. The fourth-order valence-electron chi connectivity index (χ4n) is 2.03. The molecule has 0 heterocycles. The topological polar surface area (TPSA) is 74.7 Å². The van der Waals surface area contributed by atoms with E-state index in [4.69, 9.17) is 0 Å². The average Bonchev–Trinajstić information content (AvgIpc) is 2.54. The molecule has 0 fully saturated rings. The third kappa shape index (κ3) is 3.87. The van der Waals surface area contributed by atoms with E-state index < -0.39 is 17.2 Å². The molecule has 0 aliphatic rings. The summed E-state index contributed by atoms with van der Waals surface area (Å²) >= 11 is -2.47. The summed E-state index contributed by atoms with van der Waals surface area (Å²) in [6.45, 7) is 0. The molecule has 2 aromatic rings. The summed E-state index contributed by atoms with van der Waals surface area (Å²) in [7, 11) is 0. The van der Waals surface area contributed by atoms with Crippen molar-refractivity contribution in [3.05, 3.63) is 54.6 Å². The van der Waals surface area contributed by atoms with Crippen LogP contribution in [0.25, 0.3) is 11.1 Å². The highest BCUT2D eigenvalue weighted by atomic mass is 32.2. The molecule has 0 saturated carbocycles. The molecule has 5 nitrogen and oxygen atoms in total. The second-order valence-electron chi connectivity index (χ2n) is 4.54. The lowest BCUT2D eigenvalue weighted by Crippen LogP contribution is -2.32. The summed E-state index contributed by atoms with van der Waals surface area (Å²) in [6, 6.07) is 16.4. The molecule has 22 heavy (non-hydrogen) atoms. The quantitative estimate of drug-likeness (QED) is 0.656. The van der Waals surface area contributed by atoms with Crippen LogP contribution in [0.3, 0.4) is 0 Å². The van der Waals surface area contributed by atoms with Crippen molar-refractivity contribution in [3.63, 3.8) is 0 Å². The highest BCUT2D eigenvalue weighted by Crippen LogP contribution is 2.24. The molecule has 2 aromatic carbocycles. The maximum atomic E-state index is 11.9. The van der Waals surface area contributed by atoms with E-state index in [2.05, 4.69) is 0 Å². The molecule has 6 heteroatoms. The Morgan fingerprint density at radius 3 is 2.18 bits per heavy atom. The number of carbonyl (C=O) groups is 2. The number of carbonyl (C=O) groups excluding carboxylic acids is 2. The Morgan fingerprint density at radius 1 is 1.05 bits per heavy atom. The Morgan fingerprint density at radius 2 is 1.64 bits per heavy atom. The van der Waals surface area contributed by atoms with Crippen molar-refractivity contribution >= 4 is 29.1 Å². The zero-order valence-electron chi connectivity index (χ0n) is 11.7. The maximum absolute atomic E-state index is 11.9. The molecule has 0 aliphatic carbocycles. The van der Waals surface area contributed by atoms with Crippen molar-refractivity contribution in [3.8, 4) is 11.1 Å². The van der Waals surface area contributed by atoms with Crippen LogP contribution in [0.4, 0.5) is 5.69 Å². The van der Waals surface area contributed by atoms with Gasteiger partial charge >= 0.3 is 0 Å². The minimum Gasteiger partial charge on any atom is -0.303 e. The van der Waals surface area contributed by atoms with Crippen molar-refractivity contribution in [2.24, 2.45) is 0 Å². The summed E-state index contributed by atoms with van der Waals surface area (Å²) in [5.74, 6) is -0.569. The second-order valence-corrected chi connectivity index (χ2v) is 5.36. The fraction of sp³-hybridized carbons (Fsp3) is 0.125. The number of anilines is 1. The molecule has 1 atom stereocenters. The van der Waals surface area contributed by atoms with Crippen molar-refractivity contribution in [2.45, 2.75) is 12.8 Å². The van der Waals surface area contributed by atoms with Crippen LogP contribution in [-0.4, -0.2) is 21.0 Å². The lowest BCUT2D eigenvalue weighted by molar-refractivity contribution is -0.119. The first-order valence-electron chi connectivity index (χ1n) is 6.66. The van der Waals surface area contributed by atoms with E-state index in [1.54, 1.807) is 24.3 Å². The van der Waals surface area contributed by atoms with Crippen LogP contribution in [0.15, 0.2) is 54.6 Å². The van der Waals surface area contributed by atoms with Gasteiger partial charge in [-0.1, -0.05) is 42.5 Å². The number of benzene rings is 2. The first-order chi connectivity index (χ1) is 10.6. The highest BCUT2D eigenvalue weighted by Gasteiger charge is 2.20. The average molecular weight is 317 g/mol. The normalized spacial score (nSPS) is 11.7. The number of amides is 1. The van der Waals surface area contributed by atoms with Crippen molar-refractivity contribution in [1.82, 2.24) is 0 Å². The largest absolute Gasteiger partial charge is 0.303 e. The van der Waals surface area contributed by atoms with Crippen molar-refractivity contribution < 1.29 is 18.4 Å². The molecule has 0 aliphatic heterocycles. The summed E-state index contributed by atoms with van der Waals surface area (Å²) in [6.07, 6.45) is 0.528. The van der Waals surface area contributed by atoms with Crippen molar-refractivity contribution in [2.75, 3.05) is 4.31 Å². The van der Waals surface area contributed by atoms with Gasteiger partial charge in [0.25, 0.3) is 11.3 Å². The summed E-state index contributed by atoms with van der Waals surface area (Å²) < 4.78 is 21.5. The predicted molar refractivity (Wildman–Crippen MR) is 85.4 cm³/mol. The van der Waals surface area contributed by atoms with Gasteiger partial charge in [-0.15, -0.1) is 0 Å². The Labute approximate surface area is 131 Å². The molecular weight excluding hydrogens is 302 g/mol. The lowest BCUT2D eigenvalue weighted by atomic mass is 10.1. The minimum absolute atomic E-state index is 0.0225. The first kappa shape index (κ1) is 16.1. The van der Waals surface area contributed by atoms with Gasteiger partial charge in [0.05, 0.1) is 5.69 Å². The number of hydrogen-bond acceptors (Lipinski definition) is 3. The van der Waals surface area contributed by atoms with Crippen molar-refractivity contribution in [1.29, 1.82) is 0 Å². The van der Waals surface area contributed by atoms with Crippen LogP contribution in [-0.2, 0) is 20.9 Å². The third-order valence-corrected chi connectivity index (χ3v) is 3.79. The molecule has 0 spiro atoms. The number of rotatable bonds is 6. The van der Waals surface area contributed by atoms with Crippen LogP contribution in [0.5, 0.6) is 0 Å². The van der Waals surface area contributed by atoms with E-state index in [0.717, 1.165) is 15.4 Å². The smallest absolute Gasteiger partial charge is 0.268 e. The summed E-state index contributed by atoms with van der Waals surface area (Å²) in [5, 5.41) is 0. The molecule has 0 radical (unpaired) electrons. The van der Waals surface area contributed by atoms with Gasteiger partial charge in [0, 0.05) is 12.8 Å². The van der Waals surface area contributed by atoms with Gasteiger partial charge in [-0.3, -0.25) is 9.35 Å². The number of hydrogen-bond donors (Lipinski definition) is 1. The van der Waals surface area contributed by atoms with Gasteiger partial charge in [-0.25, -0.2) is 8.51 Å². The molecular formula is C16H15NO4S. The van der Waals surface area contributed by atoms with E-state index in [1.807, 2.05) is 30.3 Å². The Balaban J connectivity index is 2.25. The Kier molecular flexibility index (Phi) is 5.57. The van der Waals surface area contributed by atoms with Crippen LogP contribution in [0, 0.1) is 0 Å². The van der Waals surface area contributed by atoms with Crippen LogP contribution >= 0.6 is 0 Å². The van der Waals surface area contributed by atoms with E-state index in [-0.39, 0.29) is 12.8 Å². The second kappa shape index (κ2) is 7.63. The third-order valence-electron chi connectivity index (χ3n) is 3.07. The molecule has 1 N–H and O–H groups in total. The van der Waals surface area contributed by atoms with Crippen LogP contribution < -0.4 is 4.31 Å². The van der Waals surface area contributed by atoms with E-state index in [1.165, 1.54) is 0 Å². The highest BCUT2D eigenvalue weighted by molar-refractivity contribution is 7.81. The molecule has 0 aromatic heterocycles. The molecule has 2 rings (SSSR count). The minimum atomic E-state index is -2.47. The van der Waals surface area contributed by atoms with E-state index >= 15 is 0 Å². The molecule has 0 bridgehead atoms.